The van der Waals surface area contributed by atoms with Crippen molar-refractivity contribution in [2.24, 2.45) is 0 Å². The molecule has 0 aliphatic heterocycles. The number of carbonyl (C=O) groups excluding carboxylic acids is 2. The molecule has 1 amide bonds. The standard InChI is InChI=1S/C23H20N2O7/c1-16(31-22(26)15-30-21-10-6-5-9-20(21)25(28)29)23(27)24-17-11-13-19(14-12-17)32-18-7-3-2-4-8-18/h2-14,16H,15H2,1H3,(H,24,27). The second-order valence-electron chi connectivity index (χ2n) is 6.57. The fraction of sp³-hybridized carbons (Fsp3) is 0.130. The van der Waals surface area contributed by atoms with Crippen molar-refractivity contribution in [3.63, 3.8) is 0 Å². The monoisotopic (exact) mass is 436 g/mol. The second kappa shape index (κ2) is 10.6. The Balaban J connectivity index is 1.48. The lowest BCUT2D eigenvalue weighted by atomic mass is 10.2. The van der Waals surface area contributed by atoms with E-state index in [0.29, 0.717) is 17.2 Å². The van der Waals surface area contributed by atoms with Gasteiger partial charge in [-0.2, -0.15) is 0 Å². The highest BCUT2D eigenvalue weighted by atomic mass is 16.6. The first kappa shape index (κ1) is 22.3. The zero-order chi connectivity index (χ0) is 22.9. The van der Waals surface area contributed by atoms with Crippen molar-refractivity contribution in [2.45, 2.75) is 13.0 Å². The number of rotatable bonds is 9. The van der Waals surface area contributed by atoms with Crippen molar-refractivity contribution >= 4 is 23.3 Å². The minimum Gasteiger partial charge on any atom is -0.475 e. The van der Waals surface area contributed by atoms with Gasteiger partial charge in [0, 0.05) is 11.8 Å². The summed E-state index contributed by atoms with van der Waals surface area (Å²) in [4.78, 5) is 34.6. The van der Waals surface area contributed by atoms with Gasteiger partial charge in [-0.25, -0.2) is 4.79 Å². The van der Waals surface area contributed by atoms with Crippen LogP contribution >= 0.6 is 0 Å². The average molecular weight is 436 g/mol. The molecule has 0 saturated carbocycles. The molecule has 0 heterocycles. The average Bonchev–Trinajstić information content (AvgIpc) is 2.79. The Morgan fingerprint density at radius 1 is 0.938 bits per heavy atom. The molecule has 3 aromatic carbocycles. The molecule has 9 nitrogen and oxygen atoms in total. The number of benzene rings is 3. The zero-order valence-corrected chi connectivity index (χ0v) is 17.1. The van der Waals surface area contributed by atoms with Crippen LogP contribution in [0.3, 0.4) is 0 Å². The molecule has 0 radical (unpaired) electrons. The molecular weight excluding hydrogens is 416 g/mol. The maximum absolute atomic E-state index is 12.3. The minimum absolute atomic E-state index is 0.0654. The van der Waals surface area contributed by atoms with Gasteiger partial charge in [-0.15, -0.1) is 0 Å². The number of nitrogens with one attached hydrogen (secondary N) is 1. The summed E-state index contributed by atoms with van der Waals surface area (Å²) in [5, 5.41) is 13.6. The molecule has 0 aliphatic carbocycles. The van der Waals surface area contributed by atoms with Crippen molar-refractivity contribution in [3.8, 4) is 17.2 Å². The highest BCUT2D eigenvalue weighted by Crippen LogP contribution is 2.26. The molecular formula is C23H20N2O7. The topological polar surface area (TPSA) is 117 Å². The van der Waals surface area contributed by atoms with E-state index in [1.165, 1.54) is 25.1 Å². The number of nitro groups is 1. The zero-order valence-electron chi connectivity index (χ0n) is 17.1. The van der Waals surface area contributed by atoms with Crippen LogP contribution in [0.25, 0.3) is 0 Å². The van der Waals surface area contributed by atoms with Crippen LogP contribution in [0.15, 0.2) is 78.9 Å². The van der Waals surface area contributed by atoms with Gasteiger partial charge in [0.15, 0.2) is 18.5 Å². The van der Waals surface area contributed by atoms with E-state index in [2.05, 4.69) is 5.32 Å². The summed E-state index contributed by atoms with van der Waals surface area (Å²) < 4.78 is 15.9. The Hall–Kier alpha value is -4.40. The maximum Gasteiger partial charge on any atom is 0.344 e. The molecule has 3 aromatic rings. The number of hydrogen-bond donors (Lipinski definition) is 1. The number of nitro benzene ring substituents is 1. The molecule has 0 aliphatic rings. The lowest BCUT2D eigenvalue weighted by molar-refractivity contribution is -0.385. The summed E-state index contributed by atoms with van der Waals surface area (Å²) in [6.45, 7) is 0.832. The van der Waals surface area contributed by atoms with Crippen LogP contribution in [0, 0.1) is 10.1 Å². The van der Waals surface area contributed by atoms with Crippen LogP contribution in [0.1, 0.15) is 6.92 Å². The molecule has 1 atom stereocenters. The molecule has 0 aromatic heterocycles. The summed E-state index contributed by atoms with van der Waals surface area (Å²) in [6, 6.07) is 21.6. The number of nitrogens with zero attached hydrogens (tertiary/aromatic N) is 1. The number of carbonyl (C=O) groups is 2. The molecule has 0 fully saturated rings. The molecule has 1 N–H and O–H groups in total. The summed E-state index contributed by atoms with van der Waals surface area (Å²) in [6.07, 6.45) is -1.10. The first-order chi connectivity index (χ1) is 15.4. The highest BCUT2D eigenvalue weighted by molar-refractivity contribution is 5.95. The van der Waals surface area contributed by atoms with E-state index in [1.54, 1.807) is 30.3 Å². The number of para-hydroxylation sites is 3. The molecule has 0 bridgehead atoms. The molecule has 164 valence electrons. The van der Waals surface area contributed by atoms with Crippen molar-refractivity contribution in [3.05, 3.63) is 89.0 Å². The summed E-state index contributed by atoms with van der Waals surface area (Å²) >= 11 is 0. The SMILES string of the molecule is CC(OC(=O)COc1ccccc1[N+](=O)[O-])C(=O)Nc1ccc(Oc2ccccc2)cc1. The molecule has 9 heteroatoms. The Kier molecular flexibility index (Phi) is 7.37. The van der Waals surface area contributed by atoms with Gasteiger partial charge in [-0.1, -0.05) is 30.3 Å². The number of esters is 1. The molecule has 0 spiro atoms. The van der Waals surface area contributed by atoms with Crippen LogP contribution in [-0.4, -0.2) is 29.5 Å². The normalized spacial score (nSPS) is 11.2. The fourth-order valence-electron chi connectivity index (χ4n) is 2.63. The van der Waals surface area contributed by atoms with Crippen molar-refractivity contribution < 1.29 is 28.7 Å². The van der Waals surface area contributed by atoms with Crippen LogP contribution in [0.5, 0.6) is 17.2 Å². The Bertz CT molecular complexity index is 1090. The third-order valence-corrected chi connectivity index (χ3v) is 4.19. The van der Waals surface area contributed by atoms with E-state index in [0.717, 1.165) is 0 Å². The quantitative estimate of drug-likeness (QED) is 0.301. The lowest BCUT2D eigenvalue weighted by Gasteiger charge is -2.14. The van der Waals surface area contributed by atoms with E-state index in [9.17, 15) is 19.7 Å². The van der Waals surface area contributed by atoms with E-state index < -0.39 is 29.5 Å². The predicted octanol–water partition coefficient (Wildman–Crippen LogP) is 4.34. The number of amides is 1. The van der Waals surface area contributed by atoms with Gasteiger partial charge in [-0.3, -0.25) is 14.9 Å². The van der Waals surface area contributed by atoms with Gasteiger partial charge in [0.2, 0.25) is 0 Å². The largest absolute Gasteiger partial charge is 0.475 e. The number of hydrogen-bond acceptors (Lipinski definition) is 7. The van der Waals surface area contributed by atoms with E-state index >= 15 is 0 Å². The first-order valence-corrected chi connectivity index (χ1v) is 9.62. The highest BCUT2D eigenvalue weighted by Gasteiger charge is 2.20. The van der Waals surface area contributed by atoms with E-state index in [-0.39, 0.29) is 11.4 Å². The summed E-state index contributed by atoms with van der Waals surface area (Å²) in [5.41, 5.74) is 0.222. The first-order valence-electron chi connectivity index (χ1n) is 9.62. The number of ether oxygens (including phenoxy) is 3. The third kappa shape index (κ3) is 6.30. The summed E-state index contributed by atoms with van der Waals surface area (Å²) in [5.74, 6) is -0.156. The van der Waals surface area contributed by atoms with E-state index in [4.69, 9.17) is 14.2 Å². The van der Waals surface area contributed by atoms with Gasteiger partial charge in [0.05, 0.1) is 4.92 Å². The Labute approximate surface area is 183 Å². The van der Waals surface area contributed by atoms with Crippen LogP contribution < -0.4 is 14.8 Å². The fourth-order valence-corrected chi connectivity index (χ4v) is 2.63. The van der Waals surface area contributed by atoms with Crippen molar-refractivity contribution in [2.75, 3.05) is 11.9 Å². The smallest absolute Gasteiger partial charge is 0.344 e. The van der Waals surface area contributed by atoms with Gasteiger partial charge >= 0.3 is 11.7 Å². The van der Waals surface area contributed by atoms with Gasteiger partial charge in [-0.05, 0) is 49.4 Å². The van der Waals surface area contributed by atoms with Crippen LogP contribution in [-0.2, 0) is 14.3 Å². The predicted molar refractivity (Wildman–Crippen MR) is 116 cm³/mol. The van der Waals surface area contributed by atoms with Gasteiger partial charge in [0.1, 0.15) is 11.5 Å². The Morgan fingerprint density at radius 3 is 2.25 bits per heavy atom. The van der Waals surface area contributed by atoms with Crippen LogP contribution in [0.2, 0.25) is 0 Å². The molecule has 32 heavy (non-hydrogen) atoms. The molecule has 0 saturated heterocycles. The van der Waals surface area contributed by atoms with Gasteiger partial charge < -0.3 is 19.5 Å². The lowest BCUT2D eigenvalue weighted by Crippen LogP contribution is -2.31. The van der Waals surface area contributed by atoms with Crippen molar-refractivity contribution in [1.82, 2.24) is 0 Å². The van der Waals surface area contributed by atoms with Gasteiger partial charge in [0.25, 0.3) is 5.91 Å². The maximum atomic E-state index is 12.3. The minimum atomic E-state index is -1.10. The third-order valence-electron chi connectivity index (χ3n) is 4.19. The van der Waals surface area contributed by atoms with Crippen molar-refractivity contribution in [1.29, 1.82) is 0 Å². The summed E-state index contributed by atoms with van der Waals surface area (Å²) in [7, 11) is 0. The number of anilines is 1. The van der Waals surface area contributed by atoms with E-state index in [1.807, 2.05) is 30.3 Å². The molecule has 1 unspecified atom stereocenters. The second-order valence-corrected chi connectivity index (χ2v) is 6.57. The molecule has 3 rings (SSSR count). The van der Waals surface area contributed by atoms with Crippen LogP contribution in [0.4, 0.5) is 11.4 Å². The Morgan fingerprint density at radius 2 is 1.56 bits per heavy atom.